The topological polar surface area (TPSA) is 157 Å². The van der Waals surface area contributed by atoms with Crippen molar-refractivity contribution in [2.75, 3.05) is 10.6 Å². The molecule has 0 saturated carbocycles. The summed E-state index contributed by atoms with van der Waals surface area (Å²) in [6.45, 7) is 0. The summed E-state index contributed by atoms with van der Waals surface area (Å²) in [5, 5.41) is 23.0. The van der Waals surface area contributed by atoms with Crippen LogP contribution in [0.15, 0.2) is 65.2 Å². The van der Waals surface area contributed by atoms with Crippen LogP contribution >= 0.6 is 0 Å². The van der Waals surface area contributed by atoms with Crippen LogP contribution < -0.4 is 10.6 Å². The van der Waals surface area contributed by atoms with Gasteiger partial charge in [0.1, 0.15) is 11.6 Å². The molecule has 0 fully saturated rings. The molecule has 0 aliphatic heterocycles. The Bertz CT molecular complexity index is 1050. The molecular weight excluding hydrogens is 374 g/mol. The summed E-state index contributed by atoms with van der Waals surface area (Å²) >= 11 is 0. The zero-order valence-corrected chi connectivity index (χ0v) is 14.4. The summed E-state index contributed by atoms with van der Waals surface area (Å²) in [4.78, 5) is 22.6. The fourth-order valence-electron chi connectivity index (χ4n) is 1.94. The smallest absolute Gasteiger partial charge is 0.335 e. The van der Waals surface area contributed by atoms with Gasteiger partial charge in [0.15, 0.2) is 0 Å². The van der Waals surface area contributed by atoms with E-state index in [0.717, 1.165) is 12.3 Å². The van der Waals surface area contributed by atoms with E-state index in [1.165, 1.54) is 42.5 Å². The summed E-state index contributed by atoms with van der Waals surface area (Å²) < 4.78 is 31.3. The third-order valence-electron chi connectivity index (χ3n) is 3.27. The van der Waals surface area contributed by atoms with Gasteiger partial charge in [-0.2, -0.15) is 13.7 Å². The zero-order valence-electron chi connectivity index (χ0n) is 13.6. The Morgan fingerprint density at radius 3 is 2.30 bits per heavy atom. The highest BCUT2D eigenvalue weighted by molar-refractivity contribution is 7.85. The average Bonchev–Trinajstić information content (AvgIpc) is 2.62. The minimum absolute atomic E-state index is 0.0458. The summed E-state index contributed by atoms with van der Waals surface area (Å²) in [6, 6.07) is 12.2. The van der Waals surface area contributed by atoms with E-state index >= 15 is 0 Å². The van der Waals surface area contributed by atoms with Gasteiger partial charge in [-0.25, -0.2) is 4.79 Å². The molecule has 0 saturated heterocycles. The first-order chi connectivity index (χ1) is 12.7. The number of rotatable bonds is 6. The lowest BCUT2D eigenvalue weighted by molar-refractivity contribution is -0.112. The van der Waals surface area contributed by atoms with Crippen LogP contribution in [0.25, 0.3) is 0 Å². The number of aromatic carboxylic acids is 1. The fraction of sp³-hybridized carbons (Fsp3) is 0. The molecule has 0 aliphatic carbocycles. The Morgan fingerprint density at radius 2 is 1.74 bits per heavy atom. The molecule has 0 bridgehead atoms. The second-order valence-electron chi connectivity index (χ2n) is 5.15. The number of nitriles is 1. The van der Waals surface area contributed by atoms with Gasteiger partial charge in [0.2, 0.25) is 0 Å². The van der Waals surface area contributed by atoms with Gasteiger partial charge in [-0.1, -0.05) is 6.07 Å². The highest BCUT2D eigenvalue weighted by Gasteiger charge is 2.12. The lowest BCUT2D eigenvalue weighted by Gasteiger charge is -2.06. The Morgan fingerprint density at radius 1 is 1.07 bits per heavy atom. The quantitative estimate of drug-likeness (QED) is 0.333. The highest BCUT2D eigenvalue weighted by Crippen LogP contribution is 2.16. The second kappa shape index (κ2) is 8.13. The third-order valence-corrected chi connectivity index (χ3v) is 4.12. The molecular formula is C17H13N3O6S. The Balaban J connectivity index is 2.12. The van der Waals surface area contributed by atoms with Crippen molar-refractivity contribution in [3.8, 4) is 6.07 Å². The standard InChI is InChI=1S/C17H13N3O6S/c18-9-12(10-19-14-2-1-3-15(8-14)27(24,25)26)16(21)20-13-6-4-11(5-7-13)17(22)23/h1-8,10,19H,(H,20,21)(H,22,23)(H,24,25,26)/b12-10-. The molecule has 0 unspecified atom stereocenters. The van der Waals surface area contributed by atoms with Crippen molar-refractivity contribution < 1.29 is 27.7 Å². The first kappa shape index (κ1) is 19.6. The van der Waals surface area contributed by atoms with Gasteiger partial charge in [0, 0.05) is 17.6 Å². The predicted molar refractivity (Wildman–Crippen MR) is 95.6 cm³/mol. The van der Waals surface area contributed by atoms with Crippen LogP contribution in [0.3, 0.4) is 0 Å². The maximum atomic E-state index is 12.1. The van der Waals surface area contributed by atoms with Crippen molar-refractivity contribution in [1.29, 1.82) is 5.26 Å². The lowest BCUT2D eigenvalue weighted by atomic mass is 10.2. The third kappa shape index (κ3) is 5.40. The minimum Gasteiger partial charge on any atom is -0.478 e. The number of hydrogen-bond donors (Lipinski definition) is 4. The second-order valence-corrected chi connectivity index (χ2v) is 6.58. The molecule has 0 spiro atoms. The molecule has 0 radical (unpaired) electrons. The number of amides is 1. The van der Waals surface area contributed by atoms with E-state index in [1.54, 1.807) is 6.07 Å². The van der Waals surface area contributed by atoms with Crippen molar-refractivity contribution in [3.63, 3.8) is 0 Å². The summed E-state index contributed by atoms with van der Waals surface area (Å²) in [5.74, 6) is -1.86. The van der Waals surface area contributed by atoms with Crippen LogP contribution in [0.4, 0.5) is 11.4 Å². The average molecular weight is 387 g/mol. The van der Waals surface area contributed by atoms with E-state index in [4.69, 9.17) is 14.9 Å². The van der Waals surface area contributed by atoms with Crippen molar-refractivity contribution in [2.45, 2.75) is 4.90 Å². The monoisotopic (exact) mass is 387 g/mol. The number of carbonyl (C=O) groups excluding carboxylic acids is 1. The van der Waals surface area contributed by atoms with E-state index in [1.807, 2.05) is 0 Å². The summed E-state index contributed by atoms with van der Waals surface area (Å²) in [5.41, 5.74) is 0.259. The van der Waals surface area contributed by atoms with Gasteiger partial charge < -0.3 is 15.7 Å². The van der Waals surface area contributed by atoms with E-state index in [2.05, 4.69) is 10.6 Å². The van der Waals surface area contributed by atoms with Gasteiger partial charge in [-0.3, -0.25) is 9.35 Å². The molecule has 2 aromatic carbocycles. The number of nitrogens with one attached hydrogen (secondary N) is 2. The lowest BCUT2D eigenvalue weighted by Crippen LogP contribution is -2.14. The van der Waals surface area contributed by atoms with Crippen molar-refractivity contribution in [3.05, 3.63) is 65.9 Å². The van der Waals surface area contributed by atoms with Crippen LogP contribution in [0.2, 0.25) is 0 Å². The summed E-state index contributed by atoms with van der Waals surface area (Å²) in [6.07, 6.45) is 1.07. The zero-order chi connectivity index (χ0) is 20.0. The SMILES string of the molecule is N#C/C(=C/Nc1cccc(S(=O)(=O)O)c1)C(=O)Nc1ccc(C(=O)O)cc1. The number of carboxylic acids is 1. The molecule has 0 aliphatic rings. The minimum atomic E-state index is -4.38. The normalized spacial score (nSPS) is 11.3. The molecule has 0 atom stereocenters. The molecule has 4 N–H and O–H groups in total. The maximum Gasteiger partial charge on any atom is 0.335 e. The van der Waals surface area contributed by atoms with Crippen LogP contribution in [0, 0.1) is 11.3 Å². The molecule has 9 nitrogen and oxygen atoms in total. The molecule has 2 rings (SSSR count). The largest absolute Gasteiger partial charge is 0.478 e. The summed E-state index contributed by atoms with van der Waals surface area (Å²) in [7, 11) is -4.38. The highest BCUT2D eigenvalue weighted by atomic mass is 32.2. The molecule has 1 amide bonds. The van der Waals surface area contributed by atoms with Gasteiger partial charge >= 0.3 is 5.97 Å². The number of benzene rings is 2. The van der Waals surface area contributed by atoms with E-state index in [0.29, 0.717) is 5.69 Å². The first-order valence-corrected chi connectivity index (χ1v) is 8.74. The number of hydrogen-bond acceptors (Lipinski definition) is 6. The van der Waals surface area contributed by atoms with Gasteiger partial charge in [-0.05, 0) is 42.5 Å². The van der Waals surface area contributed by atoms with Crippen molar-refractivity contribution in [2.24, 2.45) is 0 Å². The van der Waals surface area contributed by atoms with Crippen LogP contribution in [0.1, 0.15) is 10.4 Å². The number of nitrogens with zero attached hydrogens (tertiary/aromatic N) is 1. The van der Waals surface area contributed by atoms with Crippen LogP contribution in [-0.2, 0) is 14.9 Å². The number of carboxylic acid groups (broad SMARTS) is 1. The fourth-order valence-corrected chi connectivity index (χ4v) is 2.47. The van der Waals surface area contributed by atoms with Crippen molar-refractivity contribution >= 4 is 33.4 Å². The van der Waals surface area contributed by atoms with Crippen LogP contribution in [-0.4, -0.2) is 30.0 Å². The Kier molecular flexibility index (Phi) is 5.92. The van der Waals surface area contributed by atoms with Gasteiger partial charge in [-0.15, -0.1) is 0 Å². The van der Waals surface area contributed by atoms with E-state index in [-0.39, 0.29) is 21.7 Å². The Labute approximate surface area is 154 Å². The van der Waals surface area contributed by atoms with E-state index < -0.39 is 22.0 Å². The molecule has 10 heteroatoms. The van der Waals surface area contributed by atoms with Gasteiger partial charge in [0.25, 0.3) is 16.0 Å². The molecule has 2 aromatic rings. The van der Waals surface area contributed by atoms with Gasteiger partial charge in [0.05, 0.1) is 10.5 Å². The predicted octanol–water partition coefficient (Wildman–Crippen LogP) is 2.09. The molecule has 138 valence electrons. The number of carbonyl (C=O) groups is 2. The molecule has 0 heterocycles. The number of anilines is 2. The molecule has 27 heavy (non-hydrogen) atoms. The first-order valence-electron chi connectivity index (χ1n) is 7.30. The maximum absolute atomic E-state index is 12.1. The Hall–Kier alpha value is -3.68. The van der Waals surface area contributed by atoms with E-state index in [9.17, 15) is 18.0 Å². The van der Waals surface area contributed by atoms with Crippen molar-refractivity contribution in [1.82, 2.24) is 0 Å². The molecule has 0 aromatic heterocycles. The van der Waals surface area contributed by atoms with Crippen LogP contribution in [0.5, 0.6) is 0 Å².